The number of benzene rings is 2. The molecule has 4 nitrogen and oxygen atoms in total. The summed E-state index contributed by atoms with van der Waals surface area (Å²) in [5.41, 5.74) is 1.57. The van der Waals surface area contributed by atoms with Gasteiger partial charge >= 0.3 is 0 Å². The van der Waals surface area contributed by atoms with E-state index in [1.54, 1.807) is 35.6 Å². The Kier molecular flexibility index (Phi) is 6.63. The van der Waals surface area contributed by atoms with Crippen molar-refractivity contribution in [1.82, 2.24) is 5.32 Å². The van der Waals surface area contributed by atoms with Gasteiger partial charge < -0.3 is 10.6 Å². The predicted octanol–water partition coefficient (Wildman–Crippen LogP) is 4.48. The second kappa shape index (κ2) is 9.35. The van der Waals surface area contributed by atoms with Crippen LogP contribution in [0.2, 0.25) is 5.02 Å². The monoisotopic (exact) mass is 398 g/mol. The van der Waals surface area contributed by atoms with Gasteiger partial charge in [0.2, 0.25) is 11.8 Å². The highest BCUT2D eigenvalue weighted by molar-refractivity contribution is 7.09. The third-order valence-corrected chi connectivity index (χ3v) is 5.21. The number of amides is 2. The van der Waals surface area contributed by atoms with E-state index in [-0.39, 0.29) is 24.3 Å². The normalized spacial score (nSPS) is 11.6. The van der Waals surface area contributed by atoms with Crippen LogP contribution in [0.3, 0.4) is 0 Å². The fourth-order valence-corrected chi connectivity index (χ4v) is 3.58. The molecule has 0 aliphatic rings. The number of halogens is 1. The van der Waals surface area contributed by atoms with Crippen LogP contribution in [0.4, 0.5) is 5.69 Å². The number of carbonyl (C=O) groups excluding carboxylic acids is 2. The molecule has 0 fully saturated rings. The van der Waals surface area contributed by atoms with E-state index in [1.165, 1.54) is 0 Å². The van der Waals surface area contributed by atoms with Crippen molar-refractivity contribution in [1.29, 1.82) is 0 Å². The highest BCUT2D eigenvalue weighted by atomic mass is 35.5. The predicted molar refractivity (Wildman–Crippen MR) is 110 cm³/mol. The van der Waals surface area contributed by atoms with Crippen LogP contribution in [0.5, 0.6) is 0 Å². The van der Waals surface area contributed by atoms with Gasteiger partial charge in [0, 0.05) is 15.6 Å². The molecule has 0 aliphatic carbocycles. The minimum atomic E-state index is -0.384. The van der Waals surface area contributed by atoms with Gasteiger partial charge in [-0.3, -0.25) is 9.59 Å². The van der Waals surface area contributed by atoms with Crippen LogP contribution in [0, 0.1) is 0 Å². The topological polar surface area (TPSA) is 58.2 Å². The summed E-state index contributed by atoms with van der Waals surface area (Å²) >= 11 is 7.57. The Morgan fingerprint density at radius 2 is 1.70 bits per heavy atom. The van der Waals surface area contributed by atoms with Gasteiger partial charge in [0.15, 0.2) is 0 Å². The SMILES string of the molecule is O=C(CNC(=O)C(Cc1cccs1)c1ccc(Cl)cc1)Nc1ccccc1. The van der Waals surface area contributed by atoms with Crippen LogP contribution in [0.1, 0.15) is 16.4 Å². The van der Waals surface area contributed by atoms with Gasteiger partial charge in [-0.15, -0.1) is 11.3 Å². The van der Waals surface area contributed by atoms with Crippen molar-refractivity contribution in [2.75, 3.05) is 11.9 Å². The lowest BCUT2D eigenvalue weighted by molar-refractivity contribution is -0.125. The zero-order valence-corrected chi connectivity index (χ0v) is 16.1. The van der Waals surface area contributed by atoms with Crippen LogP contribution in [-0.4, -0.2) is 18.4 Å². The zero-order chi connectivity index (χ0) is 19.1. The maximum absolute atomic E-state index is 12.8. The number of para-hydroxylation sites is 1. The van der Waals surface area contributed by atoms with Crippen LogP contribution in [0.25, 0.3) is 0 Å². The molecule has 0 bridgehead atoms. The zero-order valence-electron chi connectivity index (χ0n) is 14.5. The molecular formula is C21H19ClN2O2S. The average Bonchev–Trinajstić information content (AvgIpc) is 3.19. The quantitative estimate of drug-likeness (QED) is 0.616. The molecule has 0 radical (unpaired) electrons. The summed E-state index contributed by atoms with van der Waals surface area (Å²) in [5.74, 6) is -0.833. The number of rotatable bonds is 7. The molecule has 2 amide bonds. The van der Waals surface area contributed by atoms with Crippen LogP contribution in [0.15, 0.2) is 72.1 Å². The van der Waals surface area contributed by atoms with Crippen molar-refractivity contribution < 1.29 is 9.59 Å². The Morgan fingerprint density at radius 1 is 0.963 bits per heavy atom. The fourth-order valence-electron chi connectivity index (χ4n) is 2.70. The molecule has 1 unspecified atom stereocenters. The first-order valence-electron chi connectivity index (χ1n) is 8.52. The molecule has 0 saturated carbocycles. The molecule has 2 aromatic carbocycles. The van der Waals surface area contributed by atoms with E-state index < -0.39 is 0 Å². The maximum atomic E-state index is 12.8. The van der Waals surface area contributed by atoms with Crippen LogP contribution >= 0.6 is 22.9 Å². The first-order chi connectivity index (χ1) is 13.1. The lowest BCUT2D eigenvalue weighted by Gasteiger charge is -2.17. The second-order valence-corrected chi connectivity index (χ2v) is 7.49. The number of thiophene rings is 1. The van der Waals surface area contributed by atoms with E-state index >= 15 is 0 Å². The Bertz CT molecular complexity index is 880. The molecule has 0 aliphatic heterocycles. The van der Waals surface area contributed by atoms with E-state index in [0.717, 1.165) is 10.4 Å². The lowest BCUT2D eigenvalue weighted by atomic mass is 9.94. The van der Waals surface area contributed by atoms with E-state index in [9.17, 15) is 9.59 Å². The molecule has 6 heteroatoms. The van der Waals surface area contributed by atoms with Crippen molar-refractivity contribution in [3.8, 4) is 0 Å². The number of hydrogen-bond acceptors (Lipinski definition) is 3. The first-order valence-corrected chi connectivity index (χ1v) is 9.78. The van der Waals surface area contributed by atoms with Gasteiger partial charge in [0.1, 0.15) is 0 Å². The van der Waals surface area contributed by atoms with Crippen LogP contribution < -0.4 is 10.6 Å². The van der Waals surface area contributed by atoms with Gasteiger partial charge in [-0.05, 0) is 47.7 Å². The average molecular weight is 399 g/mol. The van der Waals surface area contributed by atoms with E-state index in [2.05, 4.69) is 10.6 Å². The summed E-state index contributed by atoms with van der Waals surface area (Å²) in [5, 5.41) is 8.12. The number of carbonyl (C=O) groups is 2. The highest BCUT2D eigenvalue weighted by Crippen LogP contribution is 2.25. The molecule has 0 spiro atoms. The number of anilines is 1. The summed E-state index contributed by atoms with van der Waals surface area (Å²) < 4.78 is 0. The van der Waals surface area contributed by atoms with Gasteiger partial charge in [0.25, 0.3) is 0 Å². The molecule has 1 aromatic heterocycles. The van der Waals surface area contributed by atoms with Gasteiger partial charge in [-0.25, -0.2) is 0 Å². The lowest BCUT2D eigenvalue weighted by Crippen LogP contribution is -2.36. The van der Waals surface area contributed by atoms with Crippen molar-refractivity contribution in [2.24, 2.45) is 0 Å². The molecular weight excluding hydrogens is 380 g/mol. The summed E-state index contributed by atoms with van der Waals surface area (Å²) in [6.07, 6.45) is 0.575. The minimum absolute atomic E-state index is 0.0811. The highest BCUT2D eigenvalue weighted by Gasteiger charge is 2.22. The van der Waals surface area contributed by atoms with Crippen molar-refractivity contribution >= 4 is 40.4 Å². The van der Waals surface area contributed by atoms with E-state index in [0.29, 0.717) is 17.1 Å². The number of nitrogens with one attached hydrogen (secondary N) is 2. The molecule has 138 valence electrons. The molecule has 1 heterocycles. The van der Waals surface area contributed by atoms with Crippen molar-refractivity contribution in [2.45, 2.75) is 12.3 Å². The van der Waals surface area contributed by atoms with Gasteiger partial charge in [0.05, 0.1) is 12.5 Å². The Balaban J connectivity index is 1.65. The Labute approximate surface area is 167 Å². The fraction of sp³-hybridized carbons (Fsp3) is 0.143. The van der Waals surface area contributed by atoms with Gasteiger partial charge in [-0.2, -0.15) is 0 Å². The summed E-state index contributed by atoms with van der Waals surface area (Å²) in [6, 6.07) is 20.4. The van der Waals surface area contributed by atoms with Crippen molar-refractivity contribution in [3.05, 3.63) is 87.6 Å². The summed E-state index contributed by atoms with van der Waals surface area (Å²) in [6.45, 7) is -0.0811. The Morgan fingerprint density at radius 3 is 2.37 bits per heavy atom. The van der Waals surface area contributed by atoms with E-state index in [4.69, 9.17) is 11.6 Å². The molecule has 1 atom stereocenters. The molecule has 3 aromatic rings. The smallest absolute Gasteiger partial charge is 0.243 e. The molecule has 3 rings (SSSR count). The summed E-state index contributed by atoms with van der Waals surface area (Å²) in [7, 11) is 0. The minimum Gasteiger partial charge on any atom is -0.346 e. The maximum Gasteiger partial charge on any atom is 0.243 e. The number of hydrogen-bond donors (Lipinski definition) is 2. The second-order valence-electron chi connectivity index (χ2n) is 6.02. The summed E-state index contributed by atoms with van der Waals surface area (Å²) in [4.78, 5) is 26.0. The standard InChI is InChI=1S/C21H19ClN2O2S/c22-16-10-8-15(9-11-16)19(13-18-7-4-12-27-18)21(26)23-14-20(25)24-17-5-2-1-3-6-17/h1-12,19H,13-14H2,(H,23,26)(H,24,25). The Hall–Kier alpha value is -2.63. The van der Waals surface area contributed by atoms with Crippen LogP contribution in [-0.2, 0) is 16.0 Å². The largest absolute Gasteiger partial charge is 0.346 e. The van der Waals surface area contributed by atoms with Crippen molar-refractivity contribution in [3.63, 3.8) is 0 Å². The van der Waals surface area contributed by atoms with E-state index in [1.807, 2.05) is 47.8 Å². The third-order valence-electron chi connectivity index (χ3n) is 4.05. The van der Waals surface area contributed by atoms with Gasteiger partial charge in [-0.1, -0.05) is 48.0 Å². The molecule has 2 N–H and O–H groups in total. The molecule has 0 saturated heterocycles. The third kappa shape index (κ3) is 5.67. The first kappa shape index (κ1) is 19.1. The molecule has 27 heavy (non-hydrogen) atoms.